The first-order valence-electron chi connectivity index (χ1n) is 10.1. The molecule has 1 saturated heterocycles. The number of aryl methyl sites for hydroxylation is 1. The molecule has 1 fully saturated rings. The van der Waals surface area contributed by atoms with Crippen molar-refractivity contribution in [1.29, 1.82) is 5.26 Å². The molecular formula is C26H20N2O3S2. The molecule has 0 bridgehead atoms. The van der Waals surface area contributed by atoms with E-state index in [2.05, 4.69) is 6.07 Å². The van der Waals surface area contributed by atoms with Crippen LogP contribution in [0.1, 0.15) is 22.3 Å². The molecule has 0 atom stereocenters. The van der Waals surface area contributed by atoms with Crippen LogP contribution >= 0.6 is 24.0 Å². The Morgan fingerprint density at radius 3 is 2.58 bits per heavy atom. The maximum absolute atomic E-state index is 13.0. The zero-order valence-corrected chi connectivity index (χ0v) is 19.7. The van der Waals surface area contributed by atoms with Crippen LogP contribution in [0.3, 0.4) is 0 Å². The van der Waals surface area contributed by atoms with Gasteiger partial charge in [-0.15, -0.1) is 0 Å². The number of thioether (sulfide) groups is 1. The van der Waals surface area contributed by atoms with Crippen LogP contribution in [0.4, 0.5) is 5.69 Å². The van der Waals surface area contributed by atoms with E-state index in [1.165, 1.54) is 11.8 Å². The summed E-state index contributed by atoms with van der Waals surface area (Å²) >= 11 is 6.73. The number of nitrogens with zero attached hydrogens (tertiary/aromatic N) is 2. The highest BCUT2D eigenvalue weighted by Gasteiger charge is 2.33. The highest BCUT2D eigenvalue weighted by atomic mass is 32.2. The average molecular weight is 473 g/mol. The molecule has 33 heavy (non-hydrogen) atoms. The van der Waals surface area contributed by atoms with Crippen LogP contribution in [-0.2, 0) is 11.4 Å². The summed E-state index contributed by atoms with van der Waals surface area (Å²) in [5.74, 6) is 0.933. The number of amides is 1. The summed E-state index contributed by atoms with van der Waals surface area (Å²) in [6, 6.07) is 22.6. The average Bonchev–Trinajstić information content (AvgIpc) is 3.11. The van der Waals surface area contributed by atoms with Crippen molar-refractivity contribution >= 4 is 46.0 Å². The lowest BCUT2D eigenvalue weighted by atomic mass is 10.1. The highest BCUT2D eigenvalue weighted by Crippen LogP contribution is 2.37. The molecule has 1 amide bonds. The molecular weight excluding hydrogens is 452 g/mol. The number of anilines is 1. The smallest absolute Gasteiger partial charge is 0.270 e. The second-order valence-corrected chi connectivity index (χ2v) is 9.00. The van der Waals surface area contributed by atoms with E-state index < -0.39 is 0 Å². The van der Waals surface area contributed by atoms with Crippen LogP contribution in [0.5, 0.6) is 11.5 Å². The van der Waals surface area contributed by atoms with Gasteiger partial charge in [0.15, 0.2) is 15.8 Å². The Kier molecular flexibility index (Phi) is 6.78. The predicted molar refractivity (Wildman–Crippen MR) is 135 cm³/mol. The Bertz CT molecular complexity index is 1290. The number of carbonyl (C=O) groups excluding carboxylic acids is 1. The van der Waals surface area contributed by atoms with Crippen molar-refractivity contribution in [2.45, 2.75) is 13.5 Å². The highest BCUT2D eigenvalue weighted by molar-refractivity contribution is 8.27. The Morgan fingerprint density at radius 1 is 1.09 bits per heavy atom. The third kappa shape index (κ3) is 4.92. The molecule has 0 unspecified atom stereocenters. The number of rotatable bonds is 6. The zero-order chi connectivity index (χ0) is 23.4. The lowest BCUT2D eigenvalue weighted by Crippen LogP contribution is -2.27. The van der Waals surface area contributed by atoms with Gasteiger partial charge in [-0.05, 0) is 48.9 Å². The number of hydrogen-bond donors (Lipinski definition) is 0. The Balaban J connectivity index is 1.54. The van der Waals surface area contributed by atoms with Crippen LogP contribution < -0.4 is 14.4 Å². The second kappa shape index (κ2) is 9.90. The summed E-state index contributed by atoms with van der Waals surface area (Å²) in [6.07, 6.45) is 1.80. The Hall–Kier alpha value is -3.60. The number of ether oxygens (including phenoxy) is 2. The monoisotopic (exact) mass is 472 g/mol. The van der Waals surface area contributed by atoms with Crippen molar-refractivity contribution < 1.29 is 14.3 Å². The summed E-state index contributed by atoms with van der Waals surface area (Å²) in [6.45, 7) is 2.24. The van der Waals surface area contributed by atoms with Gasteiger partial charge in [0.1, 0.15) is 6.61 Å². The van der Waals surface area contributed by atoms with Crippen LogP contribution in [0.15, 0.2) is 71.6 Å². The summed E-state index contributed by atoms with van der Waals surface area (Å²) in [5.41, 5.74) is 4.03. The number of benzene rings is 3. The Morgan fingerprint density at radius 2 is 1.85 bits per heavy atom. The van der Waals surface area contributed by atoms with E-state index >= 15 is 0 Å². The SMILES string of the molecule is COc1cc(/C=C2/SC(=S)N(c3ccc(C)cc3)C2=O)ccc1OCc1ccccc1C#N. The van der Waals surface area contributed by atoms with E-state index in [0.29, 0.717) is 26.3 Å². The first-order chi connectivity index (χ1) is 16.0. The first kappa shape index (κ1) is 22.6. The number of methoxy groups -OCH3 is 1. The van der Waals surface area contributed by atoms with Gasteiger partial charge in [-0.2, -0.15) is 5.26 Å². The largest absolute Gasteiger partial charge is 0.493 e. The van der Waals surface area contributed by atoms with Crippen molar-refractivity contribution in [3.05, 3.63) is 93.9 Å². The molecule has 0 radical (unpaired) electrons. The van der Waals surface area contributed by atoms with Gasteiger partial charge >= 0.3 is 0 Å². The van der Waals surface area contributed by atoms with Crippen molar-refractivity contribution in [2.75, 3.05) is 12.0 Å². The van der Waals surface area contributed by atoms with Gasteiger partial charge in [-0.1, -0.05) is 65.9 Å². The van der Waals surface area contributed by atoms with Crippen LogP contribution in [-0.4, -0.2) is 17.3 Å². The maximum atomic E-state index is 13.0. The number of thiocarbonyl (C=S) groups is 1. The quantitative estimate of drug-likeness (QED) is 0.331. The van der Waals surface area contributed by atoms with Crippen LogP contribution in [0.2, 0.25) is 0 Å². The van der Waals surface area contributed by atoms with E-state index in [4.69, 9.17) is 21.7 Å². The lowest BCUT2D eigenvalue weighted by Gasteiger charge is -2.14. The van der Waals surface area contributed by atoms with Gasteiger partial charge < -0.3 is 9.47 Å². The molecule has 4 rings (SSSR count). The van der Waals surface area contributed by atoms with Gasteiger partial charge in [0.05, 0.1) is 29.3 Å². The minimum atomic E-state index is -0.152. The fourth-order valence-electron chi connectivity index (χ4n) is 3.34. The van der Waals surface area contributed by atoms with E-state index in [1.54, 1.807) is 30.2 Å². The molecule has 1 heterocycles. The number of hydrogen-bond acceptors (Lipinski definition) is 6. The number of nitriles is 1. The van der Waals surface area contributed by atoms with Gasteiger partial charge in [-0.3, -0.25) is 9.69 Å². The first-order valence-corrected chi connectivity index (χ1v) is 11.4. The van der Waals surface area contributed by atoms with Crippen LogP contribution in [0, 0.1) is 18.3 Å². The minimum Gasteiger partial charge on any atom is -0.493 e. The normalized spacial score (nSPS) is 14.5. The molecule has 3 aromatic rings. The van der Waals surface area contributed by atoms with Gasteiger partial charge in [-0.25, -0.2) is 0 Å². The van der Waals surface area contributed by atoms with Gasteiger partial charge in [0.25, 0.3) is 5.91 Å². The lowest BCUT2D eigenvalue weighted by molar-refractivity contribution is -0.113. The summed E-state index contributed by atoms with van der Waals surface area (Å²) in [4.78, 5) is 15.1. The van der Waals surface area contributed by atoms with Crippen LogP contribution in [0.25, 0.3) is 6.08 Å². The summed E-state index contributed by atoms with van der Waals surface area (Å²) < 4.78 is 11.9. The summed E-state index contributed by atoms with van der Waals surface area (Å²) in [7, 11) is 1.56. The molecule has 5 nitrogen and oxygen atoms in total. The second-order valence-electron chi connectivity index (χ2n) is 7.32. The maximum Gasteiger partial charge on any atom is 0.270 e. The predicted octanol–water partition coefficient (Wildman–Crippen LogP) is 5.86. The fourth-order valence-corrected chi connectivity index (χ4v) is 4.64. The van der Waals surface area contributed by atoms with E-state index in [0.717, 1.165) is 22.4 Å². The number of carbonyl (C=O) groups is 1. The molecule has 0 saturated carbocycles. The molecule has 0 N–H and O–H groups in total. The third-order valence-corrected chi connectivity index (χ3v) is 6.39. The van der Waals surface area contributed by atoms with Crippen molar-refractivity contribution in [3.8, 4) is 17.6 Å². The standard InChI is InChI=1S/C26H20N2O3S2/c1-17-7-10-21(11-8-17)28-25(29)24(33-26(28)32)14-18-9-12-22(23(13-18)30-2)31-16-20-6-4-3-5-19(20)15-27/h3-14H,16H2,1-2H3/b24-14+. The minimum absolute atomic E-state index is 0.152. The molecule has 0 spiro atoms. The van der Waals surface area contributed by atoms with Crippen molar-refractivity contribution in [3.63, 3.8) is 0 Å². The zero-order valence-electron chi connectivity index (χ0n) is 18.1. The van der Waals surface area contributed by atoms with E-state index in [-0.39, 0.29) is 12.5 Å². The fraction of sp³-hybridized carbons (Fsp3) is 0.115. The molecule has 3 aromatic carbocycles. The third-order valence-electron chi connectivity index (χ3n) is 5.09. The van der Waals surface area contributed by atoms with Gasteiger partial charge in [0.2, 0.25) is 0 Å². The summed E-state index contributed by atoms with van der Waals surface area (Å²) in [5, 5.41) is 9.25. The Labute approximate surface area is 202 Å². The van der Waals surface area contributed by atoms with Gasteiger partial charge in [0, 0.05) is 5.56 Å². The van der Waals surface area contributed by atoms with E-state index in [9.17, 15) is 10.1 Å². The molecule has 0 aromatic heterocycles. The van der Waals surface area contributed by atoms with Crippen molar-refractivity contribution in [2.24, 2.45) is 0 Å². The molecule has 1 aliphatic heterocycles. The molecule has 1 aliphatic rings. The van der Waals surface area contributed by atoms with E-state index in [1.807, 2.05) is 61.5 Å². The van der Waals surface area contributed by atoms with Crippen molar-refractivity contribution in [1.82, 2.24) is 0 Å². The molecule has 0 aliphatic carbocycles. The topological polar surface area (TPSA) is 62.6 Å². The molecule has 7 heteroatoms. The molecule has 164 valence electrons.